The molecule has 0 spiro atoms. The smallest absolute Gasteiger partial charge is 0.129 e. The topological polar surface area (TPSA) is 12.5 Å². The molecule has 0 aliphatic carbocycles. The van der Waals surface area contributed by atoms with Crippen molar-refractivity contribution in [1.82, 2.24) is 0 Å². The highest BCUT2D eigenvalue weighted by molar-refractivity contribution is 5.23. The summed E-state index contributed by atoms with van der Waals surface area (Å²) in [5.74, 6) is -0.814. The van der Waals surface area contributed by atoms with Gasteiger partial charge in [0.15, 0.2) is 0 Å². The molecule has 1 fully saturated rings. The molecule has 0 amide bonds. The second-order valence-electron chi connectivity index (χ2n) is 2.49. The predicted molar refractivity (Wildman–Crippen MR) is 35.1 cm³/mol. The molecule has 1 aliphatic rings. The van der Waals surface area contributed by atoms with Gasteiger partial charge in [-0.15, -0.1) is 0 Å². The van der Waals surface area contributed by atoms with Crippen LogP contribution in [0.1, 0.15) is 11.7 Å². The Hall–Kier alpha value is -0.960. The summed E-state index contributed by atoms with van der Waals surface area (Å²) in [6.45, 7) is 0.500. The molecular weight excluding hydrogens is 150 g/mol. The number of halogens is 2. The normalized spacial score (nSPS) is 21.8. The van der Waals surface area contributed by atoms with E-state index in [-0.39, 0.29) is 6.10 Å². The van der Waals surface area contributed by atoms with Crippen LogP contribution in [0, 0.1) is 11.6 Å². The molecule has 11 heavy (non-hydrogen) atoms. The molecule has 0 bridgehead atoms. The van der Waals surface area contributed by atoms with Gasteiger partial charge in [0, 0.05) is 5.56 Å². The van der Waals surface area contributed by atoms with Crippen molar-refractivity contribution < 1.29 is 13.5 Å². The van der Waals surface area contributed by atoms with Crippen LogP contribution in [0.5, 0.6) is 0 Å². The molecule has 0 aromatic heterocycles. The van der Waals surface area contributed by atoms with Crippen LogP contribution in [0.15, 0.2) is 18.2 Å². The van der Waals surface area contributed by atoms with Crippen LogP contribution in [-0.2, 0) is 4.74 Å². The Kier molecular flexibility index (Phi) is 1.39. The first-order valence-electron chi connectivity index (χ1n) is 3.34. The Morgan fingerprint density at radius 3 is 2.73 bits per heavy atom. The summed E-state index contributed by atoms with van der Waals surface area (Å²) in [7, 11) is 0. The van der Waals surface area contributed by atoms with Crippen LogP contribution < -0.4 is 0 Å². The van der Waals surface area contributed by atoms with Crippen molar-refractivity contribution in [3.8, 4) is 0 Å². The quantitative estimate of drug-likeness (QED) is 0.567. The Balaban J connectivity index is 2.42. The van der Waals surface area contributed by atoms with Crippen LogP contribution in [0.3, 0.4) is 0 Å². The molecule has 0 unspecified atom stereocenters. The first-order chi connectivity index (χ1) is 5.27. The zero-order chi connectivity index (χ0) is 7.84. The standard InChI is InChI=1S/C8H6F2O/c9-5-1-2-7(10)6(3-5)8-4-11-8/h1-3,8H,4H2/t8-/m0/s1. The van der Waals surface area contributed by atoms with E-state index in [1.807, 2.05) is 0 Å². The van der Waals surface area contributed by atoms with E-state index in [4.69, 9.17) is 4.74 Å². The summed E-state index contributed by atoms with van der Waals surface area (Å²) in [6.07, 6.45) is -0.217. The first-order valence-corrected chi connectivity index (χ1v) is 3.34. The van der Waals surface area contributed by atoms with Gasteiger partial charge < -0.3 is 4.74 Å². The van der Waals surface area contributed by atoms with Gasteiger partial charge in [-0.3, -0.25) is 0 Å². The molecule has 0 radical (unpaired) electrons. The number of benzene rings is 1. The van der Waals surface area contributed by atoms with E-state index < -0.39 is 11.6 Å². The molecule has 1 heterocycles. The van der Waals surface area contributed by atoms with Crippen LogP contribution in [0.25, 0.3) is 0 Å². The zero-order valence-electron chi connectivity index (χ0n) is 5.68. The van der Waals surface area contributed by atoms with Gasteiger partial charge in [0.05, 0.1) is 6.61 Å². The summed E-state index contributed by atoms with van der Waals surface area (Å²) in [4.78, 5) is 0. The minimum Gasteiger partial charge on any atom is -0.368 e. The van der Waals surface area contributed by atoms with Crippen LogP contribution in [0.2, 0.25) is 0 Å². The maximum absolute atomic E-state index is 12.8. The van der Waals surface area contributed by atoms with E-state index in [0.717, 1.165) is 12.1 Å². The highest BCUT2D eigenvalue weighted by Crippen LogP contribution is 2.31. The van der Waals surface area contributed by atoms with Crippen LogP contribution >= 0.6 is 0 Å². The number of ether oxygens (including phenoxy) is 1. The second kappa shape index (κ2) is 2.27. The zero-order valence-corrected chi connectivity index (χ0v) is 5.68. The van der Waals surface area contributed by atoms with Crippen molar-refractivity contribution in [1.29, 1.82) is 0 Å². The third-order valence-corrected chi connectivity index (χ3v) is 1.64. The monoisotopic (exact) mass is 156 g/mol. The van der Waals surface area contributed by atoms with Crippen molar-refractivity contribution in [3.05, 3.63) is 35.4 Å². The number of rotatable bonds is 1. The molecule has 1 aliphatic heterocycles. The fourth-order valence-electron chi connectivity index (χ4n) is 0.989. The maximum Gasteiger partial charge on any atom is 0.129 e. The van der Waals surface area contributed by atoms with Crippen LogP contribution in [-0.4, -0.2) is 6.61 Å². The largest absolute Gasteiger partial charge is 0.368 e. The highest BCUT2D eigenvalue weighted by Gasteiger charge is 2.27. The van der Waals surface area contributed by atoms with E-state index in [1.165, 1.54) is 6.07 Å². The number of epoxide rings is 1. The lowest BCUT2D eigenvalue weighted by Gasteiger charge is -1.96. The highest BCUT2D eigenvalue weighted by atomic mass is 19.1. The van der Waals surface area contributed by atoms with Crippen LogP contribution in [0.4, 0.5) is 8.78 Å². The second-order valence-corrected chi connectivity index (χ2v) is 2.49. The fourth-order valence-corrected chi connectivity index (χ4v) is 0.989. The van der Waals surface area contributed by atoms with Gasteiger partial charge >= 0.3 is 0 Å². The summed E-state index contributed by atoms with van der Waals surface area (Å²) >= 11 is 0. The summed E-state index contributed by atoms with van der Waals surface area (Å²) < 4.78 is 30.2. The molecule has 58 valence electrons. The summed E-state index contributed by atoms with van der Waals surface area (Å²) in [5, 5.41) is 0. The average Bonchev–Trinajstić information content (AvgIpc) is 2.76. The van der Waals surface area contributed by atoms with Gasteiger partial charge in [0.2, 0.25) is 0 Å². The molecular formula is C8H6F2O. The average molecular weight is 156 g/mol. The van der Waals surface area contributed by atoms with Gasteiger partial charge in [-0.2, -0.15) is 0 Å². The van der Waals surface area contributed by atoms with Gasteiger partial charge in [-0.05, 0) is 18.2 Å². The SMILES string of the molecule is Fc1ccc(F)c([C@@H]2CO2)c1. The maximum atomic E-state index is 12.8. The lowest BCUT2D eigenvalue weighted by molar-refractivity contribution is 0.406. The van der Waals surface area contributed by atoms with Crippen molar-refractivity contribution >= 4 is 0 Å². The Bertz CT molecular complexity index is 281. The minimum absolute atomic E-state index is 0.217. The molecule has 2 rings (SSSR count). The Morgan fingerprint density at radius 2 is 2.09 bits per heavy atom. The van der Waals surface area contributed by atoms with Crippen molar-refractivity contribution in [2.45, 2.75) is 6.10 Å². The van der Waals surface area contributed by atoms with Gasteiger partial charge in [0.1, 0.15) is 17.7 Å². The lowest BCUT2D eigenvalue weighted by Crippen LogP contribution is -1.88. The number of hydrogen-bond acceptors (Lipinski definition) is 1. The number of hydrogen-bond donors (Lipinski definition) is 0. The van der Waals surface area contributed by atoms with Gasteiger partial charge in [-0.1, -0.05) is 0 Å². The molecule has 3 heteroatoms. The molecule has 1 aromatic rings. The minimum atomic E-state index is -0.420. The summed E-state index contributed by atoms with van der Waals surface area (Å²) in [6, 6.07) is 3.39. The molecule has 1 saturated heterocycles. The van der Waals surface area contributed by atoms with Crippen molar-refractivity contribution in [2.24, 2.45) is 0 Å². The van der Waals surface area contributed by atoms with E-state index in [2.05, 4.69) is 0 Å². The van der Waals surface area contributed by atoms with E-state index >= 15 is 0 Å². The molecule has 1 atom stereocenters. The van der Waals surface area contributed by atoms with Crippen molar-refractivity contribution in [3.63, 3.8) is 0 Å². The van der Waals surface area contributed by atoms with E-state index in [1.54, 1.807) is 0 Å². The van der Waals surface area contributed by atoms with E-state index in [0.29, 0.717) is 12.2 Å². The van der Waals surface area contributed by atoms with Gasteiger partial charge in [0.25, 0.3) is 0 Å². The third kappa shape index (κ3) is 1.24. The predicted octanol–water partition coefficient (Wildman–Crippen LogP) is 2.04. The molecule has 1 aromatic carbocycles. The molecule has 0 saturated carbocycles. The first kappa shape index (κ1) is 6.73. The summed E-state index contributed by atoms with van der Waals surface area (Å²) in [5.41, 5.74) is 0.324. The Labute approximate surface area is 62.6 Å². The molecule has 0 N–H and O–H groups in total. The fraction of sp³-hybridized carbons (Fsp3) is 0.250. The van der Waals surface area contributed by atoms with Gasteiger partial charge in [-0.25, -0.2) is 8.78 Å². The molecule has 1 nitrogen and oxygen atoms in total. The van der Waals surface area contributed by atoms with Crippen molar-refractivity contribution in [2.75, 3.05) is 6.61 Å². The van der Waals surface area contributed by atoms with E-state index in [9.17, 15) is 8.78 Å². The Morgan fingerprint density at radius 1 is 1.36 bits per heavy atom. The third-order valence-electron chi connectivity index (χ3n) is 1.64. The lowest BCUT2D eigenvalue weighted by atomic mass is 10.1.